The molecule has 1 amide bonds. The number of ether oxygens (including phenoxy) is 1. The van der Waals surface area contributed by atoms with Gasteiger partial charge in [0.2, 0.25) is 11.8 Å². The van der Waals surface area contributed by atoms with Gasteiger partial charge in [0.15, 0.2) is 0 Å². The number of amides is 1. The molecule has 30 heavy (non-hydrogen) atoms. The van der Waals surface area contributed by atoms with E-state index in [-0.39, 0.29) is 23.8 Å². The van der Waals surface area contributed by atoms with Crippen LogP contribution in [0.15, 0.2) is 36.0 Å². The van der Waals surface area contributed by atoms with Crippen molar-refractivity contribution in [2.75, 3.05) is 6.54 Å². The van der Waals surface area contributed by atoms with Crippen molar-refractivity contribution in [3.63, 3.8) is 0 Å². The van der Waals surface area contributed by atoms with Gasteiger partial charge in [-0.2, -0.15) is 5.10 Å². The quantitative estimate of drug-likeness (QED) is 0.677. The van der Waals surface area contributed by atoms with Crippen molar-refractivity contribution >= 4 is 28.7 Å². The van der Waals surface area contributed by atoms with Crippen molar-refractivity contribution in [3.8, 4) is 5.88 Å². The third-order valence-corrected chi connectivity index (χ3v) is 5.62. The topological polar surface area (TPSA) is 81.4 Å². The zero-order valence-corrected chi connectivity index (χ0v) is 17.2. The maximum absolute atomic E-state index is 13.5. The lowest BCUT2D eigenvalue weighted by molar-refractivity contribution is -0.119. The van der Waals surface area contributed by atoms with Crippen LogP contribution in [0.5, 0.6) is 5.88 Å². The van der Waals surface area contributed by atoms with Gasteiger partial charge in [-0.1, -0.05) is 6.08 Å². The Hall–Kier alpha value is -3.03. The predicted molar refractivity (Wildman–Crippen MR) is 114 cm³/mol. The van der Waals surface area contributed by atoms with Crippen LogP contribution in [0.25, 0.3) is 16.6 Å². The molecule has 0 saturated carbocycles. The minimum Gasteiger partial charge on any atom is -0.474 e. The summed E-state index contributed by atoms with van der Waals surface area (Å²) in [5.41, 5.74) is 2.17. The molecule has 8 heteroatoms. The molecule has 2 aromatic rings. The van der Waals surface area contributed by atoms with E-state index in [1.54, 1.807) is 4.68 Å². The highest BCUT2D eigenvalue weighted by molar-refractivity contribution is 5.88. The molecule has 7 nitrogen and oxygen atoms in total. The maximum atomic E-state index is 13.5. The normalized spacial score (nSPS) is 22.8. The standard InChI is InChI=1S/C22H26FN5O2/c1-4-16(23)6-5-14-7-19(24-10-14)20-9-18-17(12-28(3)27-18)22(26-20)30-13(2)15-8-21(29)25-11-15/h4,7,9-10,12-16H,1,5-6,8,11H2,2-3H3,(H,25,29)/t13-,14?,15-,16?/m1/s1. The van der Waals surface area contributed by atoms with Gasteiger partial charge in [0.05, 0.1) is 22.3 Å². The molecule has 2 aliphatic heterocycles. The summed E-state index contributed by atoms with van der Waals surface area (Å²) in [6, 6.07) is 1.89. The summed E-state index contributed by atoms with van der Waals surface area (Å²) in [6.07, 6.45) is 7.37. The van der Waals surface area contributed by atoms with E-state index in [1.165, 1.54) is 6.08 Å². The van der Waals surface area contributed by atoms with Gasteiger partial charge in [-0.05, 0) is 31.9 Å². The molecule has 0 spiro atoms. The van der Waals surface area contributed by atoms with Gasteiger partial charge < -0.3 is 10.1 Å². The molecule has 1 N–H and O–H groups in total. The number of aliphatic imine (C=N–C) groups is 1. The second-order valence-electron chi connectivity index (χ2n) is 7.96. The van der Waals surface area contributed by atoms with Crippen molar-refractivity contribution in [2.24, 2.45) is 23.9 Å². The zero-order valence-electron chi connectivity index (χ0n) is 17.2. The Morgan fingerprint density at radius 3 is 3.07 bits per heavy atom. The number of nitrogens with zero attached hydrogens (tertiary/aromatic N) is 4. The van der Waals surface area contributed by atoms with Gasteiger partial charge in [-0.15, -0.1) is 6.58 Å². The highest BCUT2D eigenvalue weighted by Gasteiger charge is 2.29. The van der Waals surface area contributed by atoms with E-state index in [0.29, 0.717) is 37.4 Å². The van der Waals surface area contributed by atoms with Crippen molar-refractivity contribution in [3.05, 3.63) is 36.7 Å². The lowest BCUT2D eigenvalue weighted by Crippen LogP contribution is -2.26. The number of carbonyl (C=O) groups is 1. The number of aromatic nitrogens is 3. The van der Waals surface area contributed by atoms with E-state index in [4.69, 9.17) is 9.72 Å². The molecule has 2 unspecified atom stereocenters. The molecule has 4 heterocycles. The fourth-order valence-electron chi connectivity index (χ4n) is 3.80. The van der Waals surface area contributed by atoms with Crippen molar-refractivity contribution < 1.29 is 13.9 Å². The van der Waals surface area contributed by atoms with Gasteiger partial charge in [0.25, 0.3) is 0 Å². The first kappa shape index (κ1) is 20.3. The molecule has 0 radical (unpaired) electrons. The first-order chi connectivity index (χ1) is 14.4. The monoisotopic (exact) mass is 411 g/mol. The summed E-state index contributed by atoms with van der Waals surface area (Å²) in [4.78, 5) is 20.8. The first-order valence-electron chi connectivity index (χ1n) is 10.2. The fourth-order valence-corrected chi connectivity index (χ4v) is 3.80. The van der Waals surface area contributed by atoms with Crippen molar-refractivity contribution in [1.29, 1.82) is 0 Å². The Bertz CT molecular complexity index is 1030. The summed E-state index contributed by atoms with van der Waals surface area (Å²) in [7, 11) is 1.85. The van der Waals surface area contributed by atoms with Gasteiger partial charge in [0, 0.05) is 44.3 Å². The Labute approximate surface area is 174 Å². The number of hydrogen-bond acceptors (Lipinski definition) is 5. The molecule has 4 atom stereocenters. The van der Waals surface area contributed by atoms with E-state index >= 15 is 0 Å². The highest BCUT2D eigenvalue weighted by atomic mass is 19.1. The molecule has 0 aromatic carbocycles. The summed E-state index contributed by atoms with van der Waals surface area (Å²) < 4.78 is 21.4. The number of pyridine rings is 1. The summed E-state index contributed by atoms with van der Waals surface area (Å²) in [5, 5.41) is 8.16. The molecule has 1 saturated heterocycles. The maximum Gasteiger partial charge on any atom is 0.225 e. The number of rotatable bonds is 8. The first-order valence-corrected chi connectivity index (χ1v) is 10.2. The second-order valence-corrected chi connectivity index (χ2v) is 7.96. The van der Waals surface area contributed by atoms with Crippen molar-refractivity contribution in [1.82, 2.24) is 20.1 Å². The Kier molecular flexibility index (Phi) is 5.65. The predicted octanol–water partition coefficient (Wildman–Crippen LogP) is 3.22. The third-order valence-electron chi connectivity index (χ3n) is 5.62. The number of hydrogen-bond donors (Lipinski definition) is 1. The Morgan fingerprint density at radius 2 is 2.33 bits per heavy atom. The largest absolute Gasteiger partial charge is 0.474 e. The highest BCUT2D eigenvalue weighted by Crippen LogP contribution is 2.31. The van der Waals surface area contributed by atoms with Crippen LogP contribution in [0, 0.1) is 11.8 Å². The van der Waals surface area contributed by atoms with E-state index in [9.17, 15) is 9.18 Å². The van der Waals surface area contributed by atoms with Crippen LogP contribution in [0.1, 0.15) is 31.9 Å². The van der Waals surface area contributed by atoms with Crippen LogP contribution >= 0.6 is 0 Å². The minimum absolute atomic E-state index is 0.0483. The number of carbonyl (C=O) groups excluding carboxylic acids is 1. The molecular weight excluding hydrogens is 385 g/mol. The van der Waals surface area contributed by atoms with Gasteiger partial charge in [0.1, 0.15) is 12.3 Å². The molecule has 0 bridgehead atoms. The fraction of sp³-hybridized carbons (Fsp3) is 0.455. The van der Waals surface area contributed by atoms with E-state index in [2.05, 4.69) is 22.0 Å². The summed E-state index contributed by atoms with van der Waals surface area (Å²) >= 11 is 0. The lowest BCUT2D eigenvalue weighted by atomic mass is 10.0. The van der Waals surface area contributed by atoms with Crippen LogP contribution < -0.4 is 10.1 Å². The smallest absolute Gasteiger partial charge is 0.225 e. The van der Waals surface area contributed by atoms with Crippen LogP contribution in [0.4, 0.5) is 4.39 Å². The molecule has 0 aliphatic carbocycles. The van der Waals surface area contributed by atoms with E-state index in [1.807, 2.05) is 38.5 Å². The molecule has 158 valence electrons. The zero-order chi connectivity index (χ0) is 21.3. The summed E-state index contributed by atoms with van der Waals surface area (Å²) in [6.45, 7) is 6.05. The average Bonchev–Trinajstić information content (AvgIpc) is 3.45. The Balaban J connectivity index is 1.58. The molecule has 2 aliphatic rings. The number of aryl methyl sites for hydroxylation is 1. The molecule has 4 rings (SSSR count). The number of alkyl halides is 1. The van der Waals surface area contributed by atoms with Crippen LogP contribution in [0.3, 0.4) is 0 Å². The number of halogens is 1. The minimum atomic E-state index is -1.00. The third kappa shape index (κ3) is 4.27. The number of fused-ring (bicyclic) bond motifs is 1. The van der Waals surface area contributed by atoms with E-state index < -0.39 is 6.17 Å². The molecule has 2 aromatic heterocycles. The van der Waals surface area contributed by atoms with Crippen molar-refractivity contribution in [2.45, 2.75) is 38.5 Å². The summed E-state index contributed by atoms with van der Waals surface area (Å²) in [5.74, 6) is 0.698. The number of nitrogens with one attached hydrogen (secondary N) is 1. The van der Waals surface area contributed by atoms with E-state index in [0.717, 1.165) is 16.6 Å². The van der Waals surface area contributed by atoms with Crippen LogP contribution in [-0.2, 0) is 11.8 Å². The van der Waals surface area contributed by atoms with Gasteiger partial charge >= 0.3 is 0 Å². The van der Waals surface area contributed by atoms with Crippen LogP contribution in [0.2, 0.25) is 0 Å². The van der Waals surface area contributed by atoms with Crippen LogP contribution in [-0.4, -0.2) is 45.7 Å². The number of allylic oxidation sites excluding steroid dienone is 2. The molecular formula is C22H26FN5O2. The second kappa shape index (κ2) is 8.38. The van der Waals surface area contributed by atoms with Gasteiger partial charge in [-0.3, -0.25) is 14.5 Å². The molecule has 1 fully saturated rings. The Morgan fingerprint density at radius 1 is 1.50 bits per heavy atom. The SMILES string of the molecule is C=CC(F)CCC1C=NC(c2cc3nn(C)cc3c(O[C@H](C)[C@H]3CNC(=O)C3)n2)=C1. The van der Waals surface area contributed by atoms with Gasteiger partial charge in [-0.25, -0.2) is 9.37 Å². The lowest BCUT2D eigenvalue weighted by Gasteiger charge is -2.19. The average molecular weight is 411 g/mol.